The van der Waals surface area contributed by atoms with Gasteiger partial charge in [0, 0.05) is 5.56 Å². The summed E-state index contributed by atoms with van der Waals surface area (Å²) in [7, 11) is 0. The van der Waals surface area contributed by atoms with Gasteiger partial charge in [-0.3, -0.25) is 4.79 Å². The Morgan fingerprint density at radius 3 is 2.63 bits per heavy atom. The summed E-state index contributed by atoms with van der Waals surface area (Å²) in [6, 6.07) is 3.70. The van der Waals surface area contributed by atoms with Gasteiger partial charge >= 0.3 is 0 Å². The standard InChI is InChI=1S/C15H20N2O2/c16-14(18)13-8-7-12(11-3-1-2-4-11)15(17-13)19-9-10-5-6-10/h7-8,10-11H,1-6,9H2,(H2,16,18). The smallest absolute Gasteiger partial charge is 0.267 e. The first kappa shape index (κ1) is 12.5. The summed E-state index contributed by atoms with van der Waals surface area (Å²) >= 11 is 0. The van der Waals surface area contributed by atoms with Gasteiger partial charge in [-0.25, -0.2) is 4.98 Å². The van der Waals surface area contributed by atoms with Crippen LogP contribution in [0.15, 0.2) is 12.1 Å². The van der Waals surface area contributed by atoms with E-state index in [2.05, 4.69) is 4.98 Å². The third-order valence-corrected chi connectivity index (χ3v) is 4.09. The Kier molecular flexibility index (Phi) is 3.40. The van der Waals surface area contributed by atoms with Crippen molar-refractivity contribution in [1.29, 1.82) is 0 Å². The Morgan fingerprint density at radius 1 is 1.26 bits per heavy atom. The Morgan fingerprint density at radius 2 is 2.00 bits per heavy atom. The highest BCUT2D eigenvalue weighted by Crippen LogP contribution is 2.38. The molecular formula is C15H20N2O2. The lowest BCUT2D eigenvalue weighted by Crippen LogP contribution is -2.15. The van der Waals surface area contributed by atoms with Crippen LogP contribution < -0.4 is 10.5 Å². The Balaban J connectivity index is 1.84. The molecule has 0 spiro atoms. The number of nitrogens with two attached hydrogens (primary N) is 1. The molecule has 3 rings (SSSR count). The molecule has 4 nitrogen and oxygen atoms in total. The minimum Gasteiger partial charge on any atom is -0.477 e. The van der Waals surface area contributed by atoms with Crippen LogP contribution in [0.2, 0.25) is 0 Å². The molecular weight excluding hydrogens is 240 g/mol. The van der Waals surface area contributed by atoms with Crippen molar-refractivity contribution in [2.45, 2.75) is 44.4 Å². The number of nitrogens with zero attached hydrogens (tertiary/aromatic N) is 1. The second kappa shape index (κ2) is 5.19. The number of carbonyl (C=O) groups is 1. The van der Waals surface area contributed by atoms with Gasteiger partial charge in [0.1, 0.15) is 5.69 Å². The number of primary amides is 1. The molecule has 4 heteroatoms. The van der Waals surface area contributed by atoms with E-state index in [0.717, 1.165) is 12.2 Å². The van der Waals surface area contributed by atoms with Crippen molar-refractivity contribution in [3.8, 4) is 5.88 Å². The van der Waals surface area contributed by atoms with Crippen LogP contribution in [-0.4, -0.2) is 17.5 Å². The summed E-state index contributed by atoms with van der Waals surface area (Å²) in [5, 5.41) is 0. The number of rotatable bonds is 5. The van der Waals surface area contributed by atoms with Crippen molar-refractivity contribution in [2.75, 3.05) is 6.61 Å². The van der Waals surface area contributed by atoms with Crippen LogP contribution in [0.25, 0.3) is 0 Å². The second-order valence-electron chi connectivity index (χ2n) is 5.69. The summed E-state index contributed by atoms with van der Waals surface area (Å²) in [6.07, 6.45) is 7.41. The van der Waals surface area contributed by atoms with Crippen molar-refractivity contribution in [3.63, 3.8) is 0 Å². The second-order valence-corrected chi connectivity index (χ2v) is 5.69. The fourth-order valence-corrected chi connectivity index (χ4v) is 2.73. The Hall–Kier alpha value is -1.58. The van der Waals surface area contributed by atoms with E-state index in [9.17, 15) is 4.79 Å². The van der Waals surface area contributed by atoms with E-state index in [1.807, 2.05) is 6.07 Å². The number of hydrogen-bond donors (Lipinski definition) is 1. The highest BCUT2D eigenvalue weighted by atomic mass is 16.5. The zero-order valence-electron chi connectivity index (χ0n) is 11.1. The minimum atomic E-state index is -0.491. The van der Waals surface area contributed by atoms with Crippen LogP contribution in [0.5, 0.6) is 5.88 Å². The van der Waals surface area contributed by atoms with Crippen LogP contribution in [0, 0.1) is 5.92 Å². The van der Waals surface area contributed by atoms with Gasteiger partial charge in [-0.2, -0.15) is 0 Å². The molecule has 1 aromatic rings. The molecule has 1 amide bonds. The summed E-state index contributed by atoms with van der Waals surface area (Å²) < 4.78 is 5.85. The van der Waals surface area contributed by atoms with Crippen molar-refractivity contribution < 1.29 is 9.53 Å². The lowest BCUT2D eigenvalue weighted by Gasteiger charge is -2.15. The Labute approximate surface area is 113 Å². The molecule has 2 saturated carbocycles. The van der Waals surface area contributed by atoms with E-state index in [1.54, 1.807) is 6.07 Å². The van der Waals surface area contributed by atoms with Gasteiger partial charge in [-0.05, 0) is 43.6 Å². The molecule has 0 aromatic carbocycles. The maximum atomic E-state index is 11.2. The van der Waals surface area contributed by atoms with E-state index >= 15 is 0 Å². The quantitative estimate of drug-likeness (QED) is 0.885. The van der Waals surface area contributed by atoms with E-state index in [0.29, 0.717) is 23.4 Å². The van der Waals surface area contributed by atoms with E-state index in [1.165, 1.54) is 38.5 Å². The first-order valence-electron chi connectivity index (χ1n) is 7.17. The molecule has 19 heavy (non-hydrogen) atoms. The Bertz CT molecular complexity index is 477. The van der Waals surface area contributed by atoms with Gasteiger partial charge in [0.15, 0.2) is 0 Å². The lowest BCUT2D eigenvalue weighted by atomic mass is 9.98. The fraction of sp³-hybridized carbons (Fsp3) is 0.600. The maximum Gasteiger partial charge on any atom is 0.267 e. The van der Waals surface area contributed by atoms with Gasteiger partial charge in [-0.15, -0.1) is 0 Å². The first-order chi connectivity index (χ1) is 9.24. The normalized spacial score (nSPS) is 19.6. The molecule has 102 valence electrons. The van der Waals surface area contributed by atoms with Gasteiger partial charge in [0.05, 0.1) is 6.61 Å². The van der Waals surface area contributed by atoms with Crippen molar-refractivity contribution in [2.24, 2.45) is 11.7 Å². The monoisotopic (exact) mass is 260 g/mol. The number of ether oxygens (including phenoxy) is 1. The van der Waals surface area contributed by atoms with Crippen LogP contribution >= 0.6 is 0 Å². The van der Waals surface area contributed by atoms with Gasteiger partial charge in [-0.1, -0.05) is 18.9 Å². The van der Waals surface area contributed by atoms with Crippen molar-refractivity contribution >= 4 is 5.91 Å². The van der Waals surface area contributed by atoms with Crippen LogP contribution in [0.1, 0.15) is 60.5 Å². The highest BCUT2D eigenvalue weighted by molar-refractivity contribution is 5.90. The van der Waals surface area contributed by atoms with Crippen molar-refractivity contribution in [3.05, 3.63) is 23.4 Å². The van der Waals surface area contributed by atoms with Gasteiger partial charge < -0.3 is 10.5 Å². The molecule has 2 aliphatic carbocycles. The fourth-order valence-electron chi connectivity index (χ4n) is 2.73. The summed E-state index contributed by atoms with van der Waals surface area (Å²) in [5.74, 6) is 1.35. The summed E-state index contributed by atoms with van der Waals surface area (Å²) in [4.78, 5) is 15.6. The molecule has 2 fully saturated rings. The molecule has 1 aromatic heterocycles. The molecule has 0 bridgehead atoms. The number of aromatic nitrogens is 1. The van der Waals surface area contributed by atoms with Gasteiger partial charge in [0.25, 0.3) is 5.91 Å². The van der Waals surface area contributed by atoms with Crippen molar-refractivity contribution in [1.82, 2.24) is 4.98 Å². The molecule has 1 heterocycles. The molecule has 2 N–H and O–H groups in total. The molecule has 2 aliphatic rings. The number of carbonyl (C=O) groups excluding carboxylic acids is 1. The number of hydrogen-bond acceptors (Lipinski definition) is 3. The van der Waals surface area contributed by atoms with E-state index < -0.39 is 5.91 Å². The average molecular weight is 260 g/mol. The SMILES string of the molecule is NC(=O)c1ccc(C2CCCC2)c(OCC2CC2)n1. The molecule has 0 atom stereocenters. The van der Waals surface area contributed by atoms with E-state index in [4.69, 9.17) is 10.5 Å². The molecule has 0 radical (unpaired) electrons. The third kappa shape index (κ3) is 2.88. The number of pyridine rings is 1. The molecule has 0 unspecified atom stereocenters. The van der Waals surface area contributed by atoms with Crippen LogP contribution in [-0.2, 0) is 0 Å². The summed E-state index contributed by atoms with van der Waals surface area (Å²) in [6.45, 7) is 0.717. The first-order valence-corrected chi connectivity index (χ1v) is 7.17. The van der Waals surface area contributed by atoms with Crippen LogP contribution in [0.4, 0.5) is 0 Å². The predicted molar refractivity (Wildman–Crippen MR) is 72.2 cm³/mol. The number of amides is 1. The zero-order chi connectivity index (χ0) is 13.2. The zero-order valence-corrected chi connectivity index (χ0v) is 11.1. The van der Waals surface area contributed by atoms with E-state index in [-0.39, 0.29) is 0 Å². The summed E-state index contributed by atoms with van der Waals surface area (Å²) in [5.41, 5.74) is 6.75. The topological polar surface area (TPSA) is 65.2 Å². The minimum absolute atomic E-state index is 0.299. The van der Waals surface area contributed by atoms with Crippen LogP contribution in [0.3, 0.4) is 0 Å². The third-order valence-electron chi connectivity index (χ3n) is 4.09. The molecule has 0 aliphatic heterocycles. The molecule has 0 saturated heterocycles. The average Bonchev–Trinajstić information content (AvgIpc) is 3.08. The predicted octanol–water partition coefficient (Wildman–Crippen LogP) is 2.63. The lowest BCUT2D eigenvalue weighted by molar-refractivity contribution is 0.0994. The highest BCUT2D eigenvalue weighted by Gasteiger charge is 2.26. The van der Waals surface area contributed by atoms with Gasteiger partial charge in [0.2, 0.25) is 5.88 Å². The largest absolute Gasteiger partial charge is 0.477 e. The maximum absolute atomic E-state index is 11.2.